The molecule has 0 saturated heterocycles. The van der Waals surface area contributed by atoms with Crippen LogP contribution in [-0.4, -0.2) is 36.3 Å². The summed E-state index contributed by atoms with van der Waals surface area (Å²) in [5.74, 6) is -2.47. The Labute approximate surface area is 160 Å². The van der Waals surface area contributed by atoms with Crippen molar-refractivity contribution in [2.24, 2.45) is 0 Å². The van der Waals surface area contributed by atoms with Gasteiger partial charge in [0.1, 0.15) is 12.4 Å². The van der Waals surface area contributed by atoms with Crippen molar-refractivity contribution in [3.05, 3.63) is 64.4 Å². The lowest BCUT2D eigenvalue weighted by Gasteiger charge is -2.22. The van der Waals surface area contributed by atoms with Gasteiger partial charge in [-0.3, -0.25) is 14.4 Å². The number of carbonyl (C=O) groups is 3. The van der Waals surface area contributed by atoms with Crippen molar-refractivity contribution in [3.8, 4) is 0 Å². The molecule has 2 amide bonds. The van der Waals surface area contributed by atoms with E-state index in [0.717, 1.165) is 11.0 Å². The van der Waals surface area contributed by atoms with Crippen LogP contribution in [0.3, 0.4) is 0 Å². The minimum absolute atomic E-state index is 0.0505. The van der Waals surface area contributed by atoms with Crippen molar-refractivity contribution in [3.63, 3.8) is 0 Å². The topological polar surface area (TPSA) is 75.7 Å². The molecule has 0 radical (unpaired) electrons. The van der Waals surface area contributed by atoms with Crippen LogP contribution in [0, 0.1) is 5.82 Å². The van der Waals surface area contributed by atoms with Crippen LogP contribution in [0.1, 0.15) is 22.8 Å². The smallest absolute Gasteiger partial charge is 0.325 e. The van der Waals surface area contributed by atoms with Crippen molar-refractivity contribution in [2.45, 2.75) is 13.5 Å². The summed E-state index contributed by atoms with van der Waals surface area (Å²) in [5, 5.41) is 3.02. The van der Waals surface area contributed by atoms with E-state index in [1.807, 2.05) is 0 Å². The molecule has 0 atom stereocenters. The molecule has 6 nitrogen and oxygen atoms in total. The van der Waals surface area contributed by atoms with Gasteiger partial charge in [0.2, 0.25) is 5.91 Å². The number of anilines is 1. The predicted octanol–water partition coefficient (Wildman–Crippen LogP) is 3.25. The third-order valence-corrected chi connectivity index (χ3v) is 3.89. The Morgan fingerprint density at radius 3 is 2.41 bits per heavy atom. The minimum Gasteiger partial charge on any atom is -0.468 e. The third-order valence-electron chi connectivity index (χ3n) is 3.64. The number of nitrogens with one attached hydrogen (secondary N) is 1. The maximum absolute atomic E-state index is 14.2. The highest BCUT2D eigenvalue weighted by Gasteiger charge is 2.23. The molecule has 142 valence electrons. The molecule has 0 aromatic heterocycles. The number of nitrogens with zero attached hydrogens (tertiary/aromatic N) is 1. The summed E-state index contributed by atoms with van der Waals surface area (Å²) in [6, 6.07) is 10.3. The number of esters is 1. The van der Waals surface area contributed by atoms with Gasteiger partial charge in [0, 0.05) is 24.2 Å². The van der Waals surface area contributed by atoms with Gasteiger partial charge in [0.15, 0.2) is 0 Å². The van der Waals surface area contributed by atoms with Crippen LogP contribution < -0.4 is 5.32 Å². The number of halogens is 2. The summed E-state index contributed by atoms with van der Waals surface area (Å²) in [5.41, 5.74) is 0.714. The first-order valence-corrected chi connectivity index (χ1v) is 8.35. The second-order valence-corrected chi connectivity index (χ2v) is 6.18. The number of hydrogen-bond donors (Lipinski definition) is 1. The summed E-state index contributed by atoms with van der Waals surface area (Å²) in [6.45, 7) is 0.992. The van der Waals surface area contributed by atoms with E-state index in [1.165, 1.54) is 26.2 Å². The molecule has 0 aliphatic heterocycles. The average molecular weight is 393 g/mol. The number of carbonyl (C=O) groups excluding carboxylic acids is 3. The number of methoxy groups -OCH3 is 1. The van der Waals surface area contributed by atoms with E-state index in [9.17, 15) is 18.8 Å². The molecule has 27 heavy (non-hydrogen) atoms. The maximum Gasteiger partial charge on any atom is 0.325 e. The summed E-state index contributed by atoms with van der Waals surface area (Å²) in [4.78, 5) is 36.9. The van der Waals surface area contributed by atoms with Crippen LogP contribution in [-0.2, 0) is 20.9 Å². The van der Waals surface area contributed by atoms with Crippen LogP contribution in [0.25, 0.3) is 0 Å². The monoisotopic (exact) mass is 392 g/mol. The van der Waals surface area contributed by atoms with Crippen LogP contribution in [0.4, 0.5) is 10.1 Å². The zero-order valence-corrected chi connectivity index (χ0v) is 15.5. The first-order chi connectivity index (χ1) is 12.8. The molecule has 0 heterocycles. The standard InChI is InChI=1S/C19H18ClFN2O4/c1-12(24)22-15-7-8-17(21)16(9-15)19(26)23(11-18(25)27-2)10-13-3-5-14(20)6-4-13/h3-9H,10-11H2,1-2H3,(H,22,24). The van der Waals surface area contributed by atoms with Crippen LogP contribution in [0.2, 0.25) is 5.02 Å². The van der Waals surface area contributed by atoms with E-state index in [4.69, 9.17) is 11.6 Å². The average Bonchev–Trinajstić information content (AvgIpc) is 2.63. The Hall–Kier alpha value is -2.93. The Morgan fingerprint density at radius 2 is 1.81 bits per heavy atom. The molecule has 0 unspecified atom stereocenters. The van der Waals surface area contributed by atoms with Crippen molar-refractivity contribution in [1.82, 2.24) is 4.90 Å². The van der Waals surface area contributed by atoms with E-state index in [1.54, 1.807) is 24.3 Å². The highest BCUT2D eigenvalue weighted by Crippen LogP contribution is 2.19. The Balaban J connectivity index is 2.33. The quantitative estimate of drug-likeness (QED) is 0.766. The van der Waals surface area contributed by atoms with Crippen LogP contribution in [0.5, 0.6) is 0 Å². The Kier molecular flexibility index (Phi) is 6.90. The molecular formula is C19H18ClFN2O4. The van der Waals surface area contributed by atoms with Gasteiger partial charge in [-0.1, -0.05) is 23.7 Å². The number of benzene rings is 2. The second kappa shape index (κ2) is 9.14. The zero-order valence-electron chi connectivity index (χ0n) is 14.8. The molecule has 0 aliphatic carbocycles. The molecule has 2 aromatic rings. The first kappa shape index (κ1) is 20.4. The lowest BCUT2D eigenvalue weighted by molar-refractivity contribution is -0.141. The third kappa shape index (κ3) is 5.79. The lowest BCUT2D eigenvalue weighted by atomic mass is 10.1. The Morgan fingerprint density at radius 1 is 1.15 bits per heavy atom. The fourth-order valence-corrected chi connectivity index (χ4v) is 2.50. The van der Waals surface area contributed by atoms with Gasteiger partial charge in [-0.15, -0.1) is 0 Å². The summed E-state index contributed by atoms with van der Waals surface area (Å²) in [6.07, 6.45) is 0. The maximum atomic E-state index is 14.2. The highest BCUT2D eigenvalue weighted by atomic mass is 35.5. The highest BCUT2D eigenvalue weighted by molar-refractivity contribution is 6.30. The Bertz CT molecular complexity index is 855. The fraction of sp³-hybridized carbons (Fsp3) is 0.211. The van der Waals surface area contributed by atoms with Gasteiger partial charge in [-0.2, -0.15) is 0 Å². The molecule has 0 saturated carbocycles. The molecule has 8 heteroatoms. The van der Waals surface area contributed by atoms with E-state index in [0.29, 0.717) is 10.6 Å². The normalized spacial score (nSPS) is 10.2. The summed E-state index contributed by atoms with van der Waals surface area (Å²) < 4.78 is 18.9. The van der Waals surface area contributed by atoms with Gasteiger partial charge in [0.25, 0.3) is 5.91 Å². The SMILES string of the molecule is COC(=O)CN(Cc1ccc(Cl)cc1)C(=O)c1cc(NC(C)=O)ccc1F. The summed E-state index contributed by atoms with van der Waals surface area (Å²) in [7, 11) is 1.20. The van der Waals surface area contributed by atoms with Crippen molar-refractivity contribution >= 4 is 35.1 Å². The van der Waals surface area contributed by atoms with Gasteiger partial charge in [0.05, 0.1) is 12.7 Å². The molecule has 2 rings (SSSR count). The van der Waals surface area contributed by atoms with Crippen LogP contribution in [0.15, 0.2) is 42.5 Å². The van der Waals surface area contributed by atoms with E-state index in [2.05, 4.69) is 10.1 Å². The van der Waals surface area contributed by atoms with E-state index >= 15 is 0 Å². The van der Waals surface area contributed by atoms with Crippen molar-refractivity contribution in [2.75, 3.05) is 19.0 Å². The lowest BCUT2D eigenvalue weighted by Crippen LogP contribution is -2.36. The molecule has 0 aliphatic rings. The fourth-order valence-electron chi connectivity index (χ4n) is 2.37. The van der Waals surface area contributed by atoms with Crippen molar-refractivity contribution in [1.29, 1.82) is 0 Å². The largest absolute Gasteiger partial charge is 0.468 e. The number of rotatable bonds is 6. The second-order valence-electron chi connectivity index (χ2n) is 5.74. The summed E-state index contributed by atoms with van der Waals surface area (Å²) >= 11 is 5.85. The van der Waals surface area contributed by atoms with Gasteiger partial charge >= 0.3 is 5.97 Å². The van der Waals surface area contributed by atoms with Crippen molar-refractivity contribution < 1.29 is 23.5 Å². The van der Waals surface area contributed by atoms with Gasteiger partial charge in [-0.05, 0) is 35.9 Å². The molecule has 0 spiro atoms. The predicted molar refractivity (Wildman–Crippen MR) is 98.9 cm³/mol. The molecule has 1 N–H and O–H groups in total. The van der Waals surface area contributed by atoms with Gasteiger partial charge < -0.3 is 15.0 Å². The van der Waals surface area contributed by atoms with E-state index in [-0.39, 0.29) is 30.2 Å². The first-order valence-electron chi connectivity index (χ1n) is 7.98. The number of hydrogen-bond acceptors (Lipinski definition) is 4. The molecule has 0 bridgehead atoms. The zero-order chi connectivity index (χ0) is 20.0. The van der Waals surface area contributed by atoms with E-state index < -0.39 is 17.7 Å². The molecule has 2 aromatic carbocycles. The van der Waals surface area contributed by atoms with Crippen LogP contribution >= 0.6 is 11.6 Å². The minimum atomic E-state index is -0.764. The molecular weight excluding hydrogens is 375 g/mol. The molecule has 0 fully saturated rings. The number of ether oxygens (including phenoxy) is 1. The van der Waals surface area contributed by atoms with Gasteiger partial charge in [-0.25, -0.2) is 4.39 Å². The number of amides is 2.